The van der Waals surface area contributed by atoms with Gasteiger partial charge >= 0.3 is 5.97 Å². The molecule has 0 radical (unpaired) electrons. The lowest BCUT2D eigenvalue weighted by Crippen LogP contribution is -2.14. The number of benzene rings is 2. The summed E-state index contributed by atoms with van der Waals surface area (Å²) in [6.45, 7) is 1.96. The third-order valence-electron chi connectivity index (χ3n) is 3.12. The van der Waals surface area contributed by atoms with Crippen molar-refractivity contribution in [2.45, 2.75) is 19.3 Å². The monoisotopic (exact) mass is 274 g/mol. The van der Waals surface area contributed by atoms with Gasteiger partial charge < -0.3 is 5.11 Å². The van der Waals surface area contributed by atoms with Gasteiger partial charge in [-0.25, -0.2) is 0 Å². The van der Waals surface area contributed by atoms with Crippen LogP contribution in [0.4, 0.5) is 0 Å². The fourth-order valence-corrected chi connectivity index (χ4v) is 2.33. The number of carboxylic acid groups (broad SMARTS) is 1. The number of aryl methyl sites for hydroxylation is 1. The van der Waals surface area contributed by atoms with Crippen LogP contribution in [-0.4, -0.2) is 11.1 Å². The van der Waals surface area contributed by atoms with Crippen molar-refractivity contribution in [1.82, 2.24) is 0 Å². The predicted molar refractivity (Wildman–Crippen MR) is 76.7 cm³/mol. The van der Waals surface area contributed by atoms with Gasteiger partial charge in [0.15, 0.2) is 0 Å². The van der Waals surface area contributed by atoms with Crippen LogP contribution < -0.4 is 0 Å². The molecule has 0 aliphatic carbocycles. The molecule has 0 saturated heterocycles. The third kappa shape index (κ3) is 3.36. The first kappa shape index (κ1) is 13.6. The molecule has 0 heterocycles. The summed E-state index contributed by atoms with van der Waals surface area (Å²) < 4.78 is 0. The maximum Gasteiger partial charge on any atom is 0.311 e. The molecule has 2 rings (SSSR count). The summed E-state index contributed by atoms with van der Waals surface area (Å²) in [5, 5.41) is 10.0. The Morgan fingerprint density at radius 2 is 1.95 bits per heavy atom. The van der Waals surface area contributed by atoms with E-state index < -0.39 is 11.9 Å². The van der Waals surface area contributed by atoms with E-state index in [2.05, 4.69) is 0 Å². The Morgan fingerprint density at radius 3 is 2.58 bits per heavy atom. The van der Waals surface area contributed by atoms with E-state index in [0.717, 1.165) is 16.7 Å². The van der Waals surface area contributed by atoms with Crippen molar-refractivity contribution in [3.05, 3.63) is 70.2 Å². The van der Waals surface area contributed by atoms with Crippen LogP contribution in [0.5, 0.6) is 0 Å². The van der Waals surface area contributed by atoms with Crippen molar-refractivity contribution in [2.24, 2.45) is 0 Å². The highest BCUT2D eigenvalue weighted by atomic mass is 35.5. The number of rotatable bonds is 4. The van der Waals surface area contributed by atoms with Crippen molar-refractivity contribution < 1.29 is 9.90 Å². The van der Waals surface area contributed by atoms with Gasteiger partial charge in [0.2, 0.25) is 0 Å². The molecule has 1 unspecified atom stereocenters. The van der Waals surface area contributed by atoms with Gasteiger partial charge in [0.05, 0.1) is 5.92 Å². The zero-order chi connectivity index (χ0) is 13.8. The van der Waals surface area contributed by atoms with Crippen molar-refractivity contribution >= 4 is 17.6 Å². The van der Waals surface area contributed by atoms with Gasteiger partial charge in [-0.05, 0) is 30.5 Å². The van der Waals surface area contributed by atoms with Crippen molar-refractivity contribution in [2.75, 3.05) is 0 Å². The molecule has 3 heteroatoms. The van der Waals surface area contributed by atoms with E-state index in [1.807, 2.05) is 49.4 Å². The van der Waals surface area contributed by atoms with Gasteiger partial charge in [0.25, 0.3) is 0 Å². The van der Waals surface area contributed by atoms with Crippen LogP contribution in [0.2, 0.25) is 5.02 Å². The normalized spacial score (nSPS) is 12.1. The van der Waals surface area contributed by atoms with Crippen molar-refractivity contribution in [3.63, 3.8) is 0 Å². The average molecular weight is 275 g/mol. The zero-order valence-electron chi connectivity index (χ0n) is 10.6. The number of hydrogen-bond acceptors (Lipinski definition) is 1. The summed E-state index contributed by atoms with van der Waals surface area (Å²) in [5.41, 5.74) is 2.73. The van der Waals surface area contributed by atoms with Gasteiger partial charge in [-0.3, -0.25) is 4.79 Å². The molecule has 0 aromatic heterocycles. The van der Waals surface area contributed by atoms with E-state index in [1.54, 1.807) is 6.07 Å². The number of carboxylic acids is 1. The lowest BCUT2D eigenvalue weighted by Gasteiger charge is -2.14. The summed E-state index contributed by atoms with van der Waals surface area (Å²) >= 11 is 6.10. The molecule has 0 aliphatic heterocycles. The van der Waals surface area contributed by atoms with E-state index in [9.17, 15) is 9.90 Å². The van der Waals surface area contributed by atoms with Crippen LogP contribution in [0.3, 0.4) is 0 Å². The molecule has 2 aromatic rings. The first-order valence-electron chi connectivity index (χ1n) is 6.10. The molecule has 2 aromatic carbocycles. The second-order valence-electron chi connectivity index (χ2n) is 4.60. The molecule has 0 bridgehead atoms. The molecule has 1 N–H and O–H groups in total. The van der Waals surface area contributed by atoms with Crippen molar-refractivity contribution in [1.29, 1.82) is 0 Å². The van der Waals surface area contributed by atoms with Crippen LogP contribution in [0, 0.1) is 6.92 Å². The fraction of sp³-hybridized carbons (Fsp3) is 0.188. The fourth-order valence-electron chi connectivity index (χ4n) is 2.12. The molecule has 0 spiro atoms. The quantitative estimate of drug-likeness (QED) is 0.913. The average Bonchev–Trinajstić information content (AvgIpc) is 2.37. The number of carbonyl (C=O) groups is 1. The minimum atomic E-state index is -0.828. The molecule has 0 fully saturated rings. The van der Waals surface area contributed by atoms with Crippen LogP contribution in [0.1, 0.15) is 22.6 Å². The van der Waals surface area contributed by atoms with Crippen LogP contribution >= 0.6 is 11.6 Å². The molecular weight excluding hydrogens is 260 g/mol. The third-order valence-corrected chi connectivity index (χ3v) is 3.49. The highest BCUT2D eigenvalue weighted by Crippen LogP contribution is 2.26. The minimum Gasteiger partial charge on any atom is -0.481 e. The van der Waals surface area contributed by atoms with Crippen LogP contribution in [-0.2, 0) is 11.2 Å². The van der Waals surface area contributed by atoms with E-state index >= 15 is 0 Å². The summed E-state index contributed by atoms with van der Waals surface area (Å²) in [6, 6.07) is 15.0. The maximum absolute atomic E-state index is 11.5. The second kappa shape index (κ2) is 5.89. The summed E-state index contributed by atoms with van der Waals surface area (Å²) in [6.07, 6.45) is 0.401. The topological polar surface area (TPSA) is 37.3 Å². The Bertz CT molecular complexity index is 593. The molecule has 0 saturated carbocycles. The number of hydrogen-bond donors (Lipinski definition) is 1. The van der Waals surface area contributed by atoms with Crippen molar-refractivity contribution in [3.8, 4) is 0 Å². The summed E-state index contributed by atoms with van der Waals surface area (Å²) in [7, 11) is 0. The molecular formula is C16H15ClO2. The smallest absolute Gasteiger partial charge is 0.311 e. The Morgan fingerprint density at radius 1 is 1.21 bits per heavy atom. The SMILES string of the molecule is Cc1cccc(C(Cc2ccccc2Cl)C(=O)O)c1. The van der Waals surface area contributed by atoms with E-state index in [4.69, 9.17) is 11.6 Å². The highest BCUT2D eigenvalue weighted by molar-refractivity contribution is 6.31. The number of aliphatic carboxylic acids is 1. The Balaban J connectivity index is 2.32. The summed E-state index contributed by atoms with van der Waals surface area (Å²) in [4.78, 5) is 11.5. The molecule has 2 nitrogen and oxygen atoms in total. The van der Waals surface area contributed by atoms with Gasteiger partial charge in [0.1, 0.15) is 0 Å². The molecule has 19 heavy (non-hydrogen) atoms. The minimum absolute atomic E-state index is 0.401. The van der Waals surface area contributed by atoms with E-state index in [1.165, 1.54) is 0 Å². The predicted octanol–water partition coefficient (Wildman–Crippen LogP) is 4.06. The van der Waals surface area contributed by atoms with Gasteiger partial charge in [-0.1, -0.05) is 59.6 Å². The zero-order valence-corrected chi connectivity index (χ0v) is 11.4. The summed E-state index contributed by atoms with van der Waals surface area (Å²) in [5.74, 6) is -1.40. The van der Waals surface area contributed by atoms with Gasteiger partial charge in [-0.2, -0.15) is 0 Å². The van der Waals surface area contributed by atoms with Gasteiger partial charge in [0, 0.05) is 5.02 Å². The largest absolute Gasteiger partial charge is 0.481 e. The Hall–Kier alpha value is -1.80. The Labute approximate surface area is 117 Å². The lowest BCUT2D eigenvalue weighted by atomic mass is 9.91. The van der Waals surface area contributed by atoms with E-state index in [-0.39, 0.29) is 0 Å². The molecule has 0 amide bonds. The molecule has 98 valence electrons. The van der Waals surface area contributed by atoms with Gasteiger partial charge in [-0.15, -0.1) is 0 Å². The number of halogens is 1. The Kier molecular flexibility index (Phi) is 4.23. The molecule has 1 atom stereocenters. The van der Waals surface area contributed by atoms with Crippen LogP contribution in [0.25, 0.3) is 0 Å². The second-order valence-corrected chi connectivity index (χ2v) is 5.01. The first-order valence-corrected chi connectivity index (χ1v) is 6.48. The van der Waals surface area contributed by atoms with E-state index in [0.29, 0.717) is 11.4 Å². The standard InChI is InChI=1S/C16H15ClO2/c1-11-5-4-7-12(9-11)14(16(18)19)10-13-6-2-3-8-15(13)17/h2-9,14H,10H2,1H3,(H,18,19). The lowest BCUT2D eigenvalue weighted by molar-refractivity contribution is -0.138. The first-order chi connectivity index (χ1) is 9.08. The highest BCUT2D eigenvalue weighted by Gasteiger charge is 2.21. The van der Waals surface area contributed by atoms with Crippen LogP contribution in [0.15, 0.2) is 48.5 Å². The molecule has 0 aliphatic rings. The maximum atomic E-state index is 11.5.